The molecule has 1 heterocycles. The Hall–Kier alpha value is -1.15. The van der Waals surface area contributed by atoms with Crippen LogP contribution in [0, 0.1) is 20.8 Å². The van der Waals surface area contributed by atoms with E-state index in [0.717, 1.165) is 5.56 Å². The van der Waals surface area contributed by atoms with Gasteiger partial charge in [-0.3, -0.25) is 0 Å². The molecule has 1 atom stereocenters. The van der Waals surface area contributed by atoms with Crippen molar-refractivity contribution in [2.75, 3.05) is 32.1 Å². The number of nitrogens with zero attached hydrogens (tertiary/aromatic N) is 1. The maximum absolute atomic E-state index is 13.0. The molecule has 1 aromatic rings. The fourth-order valence-electron chi connectivity index (χ4n) is 2.65. The van der Waals surface area contributed by atoms with Gasteiger partial charge in [-0.1, -0.05) is 0 Å². The molecule has 1 aliphatic rings. The molecule has 118 valence electrons. The maximum Gasteiger partial charge on any atom is 0.244 e. The lowest BCUT2D eigenvalue weighted by Crippen LogP contribution is -2.50. The summed E-state index contributed by atoms with van der Waals surface area (Å²) in [6.45, 7) is 5.84. The molecule has 1 aromatic carbocycles. The van der Waals surface area contributed by atoms with E-state index < -0.39 is 16.1 Å². The highest BCUT2D eigenvalue weighted by atomic mass is 32.2. The second-order valence-electron chi connectivity index (χ2n) is 5.39. The van der Waals surface area contributed by atoms with Crippen LogP contribution >= 0.6 is 0 Å². The van der Waals surface area contributed by atoms with E-state index in [2.05, 4.69) is 0 Å². The molecular formula is C14H22N2O4S. The van der Waals surface area contributed by atoms with E-state index in [1.807, 2.05) is 6.92 Å². The van der Waals surface area contributed by atoms with Crippen molar-refractivity contribution < 1.29 is 18.3 Å². The van der Waals surface area contributed by atoms with Gasteiger partial charge in [-0.2, -0.15) is 4.31 Å². The van der Waals surface area contributed by atoms with Crippen molar-refractivity contribution in [2.24, 2.45) is 0 Å². The van der Waals surface area contributed by atoms with Crippen LogP contribution in [0.25, 0.3) is 0 Å². The Labute approximate surface area is 125 Å². The topological polar surface area (TPSA) is 92.9 Å². The number of aryl methyl sites for hydroxylation is 1. The van der Waals surface area contributed by atoms with Crippen LogP contribution in [0.4, 0.5) is 5.69 Å². The summed E-state index contributed by atoms with van der Waals surface area (Å²) in [5, 5.41) is 9.41. The quantitative estimate of drug-likeness (QED) is 0.796. The van der Waals surface area contributed by atoms with Crippen molar-refractivity contribution in [3.8, 4) is 0 Å². The molecule has 0 spiro atoms. The Morgan fingerprint density at radius 1 is 1.38 bits per heavy atom. The van der Waals surface area contributed by atoms with Crippen LogP contribution in [0.2, 0.25) is 0 Å². The summed E-state index contributed by atoms with van der Waals surface area (Å²) in [4.78, 5) is 0.250. The first-order chi connectivity index (χ1) is 9.80. The van der Waals surface area contributed by atoms with Gasteiger partial charge in [0.05, 0.1) is 30.8 Å². The second-order valence-corrected chi connectivity index (χ2v) is 7.22. The first-order valence-electron chi connectivity index (χ1n) is 6.87. The van der Waals surface area contributed by atoms with Crippen molar-refractivity contribution in [3.63, 3.8) is 0 Å². The normalized spacial score (nSPS) is 20.7. The van der Waals surface area contributed by atoms with Crippen molar-refractivity contribution in [1.29, 1.82) is 0 Å². The summed E-state index contributed by atoms with van der Waals surface area (Å²) < 4.78 is 32.6. The number of hydrogen-bond acceptors (Lipinski definition) is 5. The molecule has 1 unspecified atom stereocenters. The van der Waals surface area contributed by atoms with Crippen LogP contribution in [0.3, 0.4) is 0 Å². The van der Waals surface area contributed by atoms with Gasteiger partial charge < -0.3 is 15.6 Å². The Balaban J connectivity index is 2.59. The van der Waals surface area contributed by atoms with Crippen LogP contribution in [0.1, 0.15) is 16.7 Å². The zero-order valence-corrected chi connectivity index (χ0v) is 13.4. The molecule has 0 radical (unpaired) electrons. The van der Waals surface area contributed by atoms with Gasteiger partial charge in [-0.05, 0) is 43.5 Å². The van der Waals surface area contributed by atoms with Crippen LogP contribution in [-0.4, -0.2) is 50.2 Å². The number of nitrogen functional groups attached to an aromatic ring is 1. The molecule has 0 saturated carbocycles. The lowest BCUT2D eigenvalue weighted by atomic mass is 10.1. The second kappa shape index (κ2) is 5.92. The molecule has 1 fully saturated rings. The fourth-order valence-corrected chi connectivity index (χ4v) is 4.77. The molecule has 1 aliphatic heterocycles. The molecule has 1 saturated heterocycles. The van der Waals surface area contributed by atoms with Gasteiger partial charge in [0, 0.05) is 12.2 Å². The summed E-state index contributed by atoms with van der Waals surface area (Å²) in [6, 6.07) is 1.23. The number of ether oxygens (including phenoxy) is 1. The molecule has 6 nitrogen and oxygen atoms in total. The van der Waals surface area contributed by atoms with Gasteiger partial charge in [-0.25, -0.2) is 8.42 Å². The Kier molecular flexibility index (Phi) is 4.57. The van der Waals surface area contributed by atoms with E-state index in [0.29, 0.717) is 23.4 Å². The monoisotopic (exact) mass is 314 g/mol. The van der Waals surface area contributed by atoms with Crippen molar-refractivity contribution in [2.45, 2.75) is 31.7 Å². The molecule has 0 aliphatic carbocycles. The van der Waals surface area contributed by atoms with Gasteiger partial charge in [0.2, 0.25) is 10.0 Å². The smallest absolute Gasteiger partial charge is 0.244 e. The molecule has 0 bridgehead atoms. The average Bonchev–Trinajstić information content (AvgIpc) is 2.45. The molecule has 2 rings (SSSR count). The number of sulfonamides is 1. The summed E-state index contributed by atoms with van der Waals surface area (Å²) in [5.74, 6) is 0. The van der Waals surface area contributed by atoms with Crippen molar-refractivity contribution >= 4 is 15.7 Å². The zero-order valence-electron chi connectivity index (χ0n) is 12.6. The van der Waals surface area contributed by atoms with E-state index in [-0.39, 0.29) is 24.7 Å². The van der Waals surface area contributed by atoms with Crippen LogP contribution < -0.4 is 5.73 Å². The van der Waals surface area contributed by atoms with Gasteiger partial charge >= 0.3 is 0 Å². The van der Waals surface area contributed by atoms with E-state index in [1.54, 1.807) is 19.9 Å². The minimum absolute atomic E-state index is 0.203. The molecule has 7 heteroatoms. The predicted molar refractivity (Wildman–Crippen MR) is 80.7 cm³/mol. The fraction of sp³-hybridized carbons (Fsp3) is 0.571. The molecule has 0 amide bonds. The van der Waals surface area contributed by atoms with Gasteiger partial charge in [0.25, 0.3) is 0 Å². The van der Waals surface area contributed by atoms with Gasteiger partial charge in [0.1, 0.15) is 0 Å². The maximum atomic E-state index is 13.0. The standard InChI is InChI=1S/C14H22N2O4S/c1-9-6-13(15)11(3)14(10(9)2)21(18,19)16-4-5-20-8-12(16)7-17/h6,12,17H,4-5,7-8,15H2,1-3H3. The number of benzene rings is 1. The zero-order chi connectivity index (χ0) is 15.8. The number of hydrogen-bond donors (Lipinski definition) is 2. The number of aliphatic hydroxyl groups excluding tert-OH is 1. The highest BCUT2D eigenvalue weighted by Crippen LogP contribution is 2.31. The largest absolute Gasteiger partial charge is 0.398 e. The SMILES string of the molecule is Cc1cc(N)c(C)c(S(=O)(=O)N2CCOCC2CO)c1C. The first-order valence-corrected chi connectivity index (χ1v) is 8.31. The number of nitrogens with two attached hydrogens (primary N) is 1. The van der Waals surface area contributed by atoms with Gasteiger partial charge in [0.15, 0.2) is 0 Å². The lowest BCUT2D eigenvalue weighted by Gasteiger charge is -2.34. The number of morpholine rings is 1. The summed E-state index contributed by atoms with van der Waals surface area (Å²) in [6.07, 6.45) is 0. The highest BCUT2D eigenvalue weighted by molar-refractivity contribution is 7.89. The van der Waals surface area contributed by atoms with E-state index >= 15 is 0 Å². The van der Waals surface area contributed by atoms with Crippen LogP contribution in [0.15, 0.2) is 11.0 Å². The number of rotatable bonds is 3. The minimum Gasteiger partial charge on any atom is -0.398 e. The Bertz CT molecular complexity index is 617. The van der Waals surface area contributed by atoms with Gasteiger partial charge in [-0.15, -0.1) is 0 Å². The lowest BCUT2D eigenvalue weighted by molar-refractivity contribution is 0.0109. The summed E-state index contributed by atoms with van der Waals surface area (Å²) in [5.41, 5.74) is 8.48. The summed E-state index contributed by atoms with van der Waals surface area (Å²) in [7, 11) is -3.72. The number of aliphatic hydroxyl groups is 1. The molecule has 21 heavy (non-hydrogen) atoms. The third-order valence-corrected chi connectivity index (χ3v) is 6.26. The van der Waals surface area contributed by atoms with Crippen LogP contribution in [-0.2, 0) is 14.8 Å². The number of anilines is 1. The Morgan fingerprint density at radius 3 is 2.67 bits per heavy atom. The minimum atomic E-state index is -3.72. The molecular weight excluding hydrogens is 292 g/mol. The summed E-state index contributed by atoms with van der Waals surface area (Å²) >= 11 is 0. The molecule has 0 aromatic heterocycles. The third kappa shape index (κ3) is 2.78. The average molecular weight is 314 g/mol. The van der Waals surface area contributed by atoms with E-state index in [4.69, 9.17) is 10.5 Å². The van der Waals surface area contributed by atoms with E-state index in [9.17, 15) is 13.5 Å². The highest BCUT2D eigenvalue weighted by Gasteiger charge is 2.36. The predicted octanol–water partition coefficient (Wildman–Crippen LogP) is 0.576. The first kappa shape index (κ1) is 16.2. The Morgan fingerprint density at radius 2 is 2.05 bits per heavy atom. The van der Waals surface area contributed by atoms with Crippen molar-refractivity contribution in [3.05, 3.63) is 22.8 Å². The molecule has 3 N–H and O–H groups in total. The van der Waals surface area contributed by atoms with Crippen molar-refractivity contribution in [1.82, 2.24) is 4.31 Å². The van der Waals surface area contributed by atoms with E-state index in [1.165, 1.54) is 4.31 Å². The third-order valence-electron chi connectivity index (χ3n) is 4.03. The van der Waals surface area contributed by atoms with Crippen LogP contribution in [0.5, 0.6) is 0 Å².